The summed E-state index contributed by atoms with van der Waals surface area (Å²) in [4.78, 5) is 13.3. The van der Waals surface area contributed by atoms with Crippen molar-refractivity contribution in [1.29, 1.82) is 0 Å². The molecular formula is C20H18N6S. The average Bonchev–Trinajstić information content (AvgIpc) is 3.27. The fraction of sp³-hybridized carbons (Fsp3) is 0.100. The Morgan fingerprint density at radius 2 is 1.89 bits per heavy atom. The highest BCUT2D eigenvalue weighted by Gasteiger charge is 2.03. The molecule has 0 aliphatic carbocycles. The lowest BCUT2D eigenvalue weighted by Gasteiger charge is -2.08. The van der Waals surface area contributed by atoms with Crippen LogP contribution >= 0.6 is 11.8 Å². The zero-order valence-corrected chi connectivity index (χ0v) is 15.4. The Bertz CT molecular complexity index is 988. The van der Waals surface area contributed by atoms with Crippen LogP contribution in [0.1, 0.15) is 11.1 Å². The van der Waals surface area contributed by atoms with Gasteiger partial charge in [-0.05, 0) is 29.3 Å². The first-order valence-corrected chi connectivity index (χ1v) is 9.53. The number of nitrogens with zero attached hydrogens (tertiary/aromatic N) is 5. The van der Waals surface area contributed by atoms with Gasteiger partial charge in [0.05, 0.1) is 12.4 Å². The highest BCUT2D eigenvalue weighted by molar-refractivity contribution is 7.98. The van der Waals surface area contributed by atoms with Crippen molar-refractivity contribution in [1.82, 2.24) is 24.7 Å². The summed E-state index contributed by atoms with van der Waals surface area (Å²) < 4.78 is 1.74. The molecule has 0 atom stereocenters. The Morgan fingerprint density at radius 3 is 2.74 bits per heavy atom. The first kappa shape index (κ1) is 17.2. The molecule has 6 nitrogen and oxygen atoms in total. The maximum Gasteiger partial charge on any atom is 0.153 e. The van der Waals surface area contributed by atoms with E-state index >= 15 is 0 Å². The summed E-state index contributed by atoms with van der Waals surface area (Å²) in [5.41, 5.74) is 2.37. The number of nitrogens with one attached hydrogen (secondary N) is 1. The number of pyridine rings is 1. The van der Waals surface area contributed by atoms with Crippen molar-refractivity contribution in [3.63, 3.8) is 0 Å². The molecule has 27 heavy (non-hydrogen) atoms. The van der Waals surface area contributed by atoms with Crippen molar-refractivity contribution >= 4 is 17.6 Å². The van der Waals surface area contributed by atoms with Crippen LogP contribution in [0.3, 0.4) is 0 Å². The normalized spacial score (nSPS) is 10.7. The molecule has 1 aromatic carbocycles. The van der Waals surface area contributed by atoms with Gasteiger partial charge in [0.25, 0.3) is 0 Å². The van der Waals surface area contributed by atoms with E-state index in [1.54, 1.807) is 41.2 Å². The van der Waals surface area contributed by atoms with Crippen molar-refractivity contribution < 1.29 is 0 Å². The molecule has 0 bridgehead atoms. The van der Waals surface area contributed by atoms with E-state index in [4.69, 9.17) is 0 Å². The fourth-order valence-electron chi connectivity index (χ4n) is 2.53. The predicted molar refractivity (Wildman–Crippen MR) is 107 cm³/mol. The second-order valence-corrected chi connectivity index (χ2v) is 6.84. The van der Waals surface area contributed by atoms with E-state index in [-0.39, 0.29) is 0 Å². The van der Waals surface area contributed by atoms with Crippen molar-refractivity contribution in [2.75, 3.05) is 5.32 Å². The zero-order valence-electron chi connectivity index (χ0n) is 14.6. The lowest BCUT2D eigenvalue weighted by atomic mass is 10.2. The molecule has 0 saturated carbocycles. The molecule has 4 rings (SSSR count). The van der Waals surface area contributed by atoms with Crippen molar-refractivity contribution in [2.45, 2.75) is 17.3 Å². The van der Waals surface area contributed by atoms with Crippen LogP contribution in [0.15, 0.2) is 84.5 Å². The molecule has 4 aromatic rings. The Morgan fingerprint density at radius 1 is 0.963 bits per heavy atom. The molecule has 0 unspecified atom stereocenters. The average molecular weight is 374 g/mol. The SMILES string of the molecule is c1ccc(CSc2cncc(NCc3ccnc(-n4cccn4)c3)n2)cc1. The zero-order chi connectivity index (χ0) is 18.3. The van der Waals surface area contributed by atoms with Gasteiger partial charge >= 0.3 is 0 Å². The minimum Gasteiger partial charge on any atom is -0.365 e. The van der Waals surface area contributed by atoms with Crippen molar-refractivity contribution in [2.24, 2.45) is 0 Å². The predicted octanol–water partition coefficient (Wildman–Crippen LogP) is 3.96. The highest BCUT2D eigenvalue weighted by Crippen LogP contribution is 2.21. The summed E-state index contributed by atoms with van der Waals surface area (Å²) in [7, 11) is 0. The lowest BCUT2D eigenvalue weighted by molar-refractivity contribution is 0.842. The van der Waals surface area contributed by atoms with Gasteiger partial charge in [-0.3, -0.25) is 4.98 Å². The smallest absolute Gasteiger partial charge is 0.153 e. The van der Waals surface area contributed by atoms with E-state index in [0.717, 1.165) is 28.0 Å². The monoisotopic (exact) mass is 374 g/mol. The minimum absolute atomic E-state index is 0.637. The van der Waals surface area contributed by atoms with Crippen LogP contribution < -0.4 is 5.32 Å². The molecule has 0 aliphatic rings. The minimum atomic E-state index is 0.637. The van der Waals surface area contributed by atoms with Gasteiger partial charge in [-0.1, -0.05) is 30.3 Å². The van der Waals surface area contributed by atoms with E-state index in [0.29, 0.717) is 6.54 Å². The van der Waals surface area contributed by atoms with Gasteiger partial charge in [0, 0.05) is 30.9 Å². The number of hydrogen-bond acceptors (Lipinski definition) is 6. The number of hydrogen-bond donors (Lipinski definition) is 1. The van der Waals surface area contributed by atoms with Gasteiger partial charge in [-0.2, -0.15) is 5.10 Å². The molecule has 0 radical (unpaired) electrons. The Labute approximate surface area is 161 Å². The van der Waals surface area contributed by atoms with Crippen molar-refractivity contribution in [3.05, 3.63) is 90.6 Å². The summed E-state index contributed by atoms with van der Waals surface area (Å²) in [6, 6.07) is 16.2. The van der Waals surface area contributed by atoms with E-state index in [2.05, 4.69) is 37.5 Å². The summed E-state index contributed by atoms with van der Waals surface area (Å²) in [6.07, 6.45) is 8.92. The largest absolute Gasteiger partial charge is 0.365 e. The number of aromatic nitrogens is 5. The molecule has 0 fully saturated rings. The summed E-state index contributed by atoms with van der Waals surface area (Å²) in [5.74, 6) is 2.42. The molecule has 3 aromatic heterocycles. The second-order valence-electron chi connectivity index (χ2n) is 5.84. The second kappa shape index (κ2) is 8.46. The maximum atomic E-state index is 4.63. The molecule has 0 aliphatic heterocycles. The molecule has 0 spiro atoms. The molecule has 7 heteroatoms. The van der Waals surface area contributed by atoms with E-state index in [1.165, 1.54) is 5.56 Å². The van der Waals surface area contributed by atoms with Gasteiger partial charge < -0.3 is 5.32 Å². The van der Waals surface area contributed by atoms with E-state index < -0.39 is 0 Å². The van der Waals surface area contributed by atoms with Crippen LogP contribution in [0.25, 0.3) is 5.82 Å². The maximum absolute atomic E-state index is 4.63. The van der Waals surface area contributed by atoms with Crippen molar-refractivity contribution in [3.8, 4) is 5.82 Å². The fourth-order valence-corrected chi connectivity index (χ4v) is 3.33. The highest BCUT2D eigenvalue weighted by atomic mass is 32.2. The third-order valence-electron chi connectivity index (χ3n) is 3.86. The third kappa shape index (κ3) is 4.71. The molecule has 0 amide bonds. The third-order valence-corrected chi connectivity index (χ3v) is 4.83. The van der Waals surface area contributed by atoms with Gasteiger partial charge in [0.15, 0.2) is 5.82 Å². The van der Waals surface area contributed by atoms with Crippen LogP contribution in [-0.2, 0) is 12.3 Å². The number of thioether (sulfide) groups is 1. The standard InChI is InChI=1S/C20H18N6S/c1-2-5-16(6-3-1)15-27-20-14-21-13-18(25-20)23-12-17-7-9-22-19(11-17)26-10-4-8-24-26/h1-11,13-14H,12,15H2,(H,23,25). The van der Waals surface area contributed by atoms with Crippen LogP contribution in [0.4, 0.5) is 5.82 Å². The van der Waals surface area contributed by atoms with Gasteiger partial charge in [0.2, 0.25) is 0 Å². The van der Waals surface area contributed by atoms with Crippen LogP contribution in [0.2, 0.25) is 0 Å². The number of benzene rings is 1. The Kier molecular flexibility index (Phi) is 5.40. The van der Waals surface area contributed by atoms with Gasteiger partial charge in [0.1, 0.15) is 10.8 Å². The Hall–Kier alpha value is -3.19. The molecule has 134 valence electrons. The molecular weight excluding hydrogens is 356 g/mol. The summed E-state index contributed by atoms with van der Waals surface area (Å²) in [6.45, 7) is 0.637. The van der Waals surface area contributed by atoms with Crippen LogP contribution in [0, 0.1) is 0 Å². The Balaban J connectivity index is 1.38. The number of rotatable bonds is 7. The first-order chi connectivity index (χ1) is 13.4. The molecule has 3 heterocycles. The first-order valence-electron chi connectivity index (χ1n) is 8.54. The molecule has 1 N–H and O–H groups in total. The quantitative estimate of drug-likeness (QED) is 0.494. The lowest BCUT2D eigenvalue weighted by Crippen LogP contribution is -2.04. The topological polar surface area (TPSA) is 68.5 Å². The van der Waals surface area contributed by atoms with Crippen LogP contribution in [-0.4, -0.2) is 24.7 Å². The molecule has 0 saturated heterocycles. The van der Waals surface area contributed by atoms with E-state index in [9.17, 15) is 0 Å². The van der Waals surface area contributed by atoms with Gasteiger partial charge in [-0.25, -0.2) is 14.6 Å². The van der Waals surface area contributed by atoms with E-state index in [1.807, 2.05) is 42.6 Å². The summed E-state index contributed by atoms with van der Waals surface area (Å²) >= 11 is 1.67. The number of anilines is 1. The van der Waals surface area contributed by atoms with Gasteiger partial charge in [-0.15, -0.1) is 11.8 Å². The summed E-state index contributed by atoms with van der Waals surface area (Å²) in [5, 5.41) is 8.44. The van der Waals surface area contributed by atoms with Crippen LogP contribution in [0.5, 0.6) is 0 Å².